The lowest BCUT2D eigenvalue weighted by molar-refractivity contribution is 0.101. The van der Waals surface area contributed by atoms with Gasteiger partial charge in [0.25, 0.3) is 5.91 Å². The standard InChI is InChI=1S/C19H18N4OS/c1-2-22-10-8-18(21-22)20-19(24)16-12-17-15(9-11-25-17)23(16)13-14-6-4-3-5-7-14/h3-12H,2,13H2,1H3,(H,20,21,24). The average molecular weight is 350 g/mol. The minimum absolute atomic E-state index is 0.138. The highest BCUT2D eigenvalue weighted by molar-refractivity contribution is 7.17. The molecule has 0 radical (unpaired) electrons. The number of hydrogen-bond donors (Lipinski definition) is 1. The van der Waals surface area contributed by atoms with Crippen LogP contribution in [0.3, 0.4) is 0 Å². The zero-order valence-corrected chi connectivity index (χ0v) is 14.7. The zero-order chi connectivity index (χ0) is 17.2. The lowest BCUT2D eigenvalue weighted by atomic mass is 10.2. The summed E-state index contributed by atoms with van der Waals surface area (Å²) in [5.74, 6) is 0.434. The minimum Gasteiger partial charge on any atom is -0.331 e. The second kappa shape index (κ2) is 6.57. The highest BCUT2D eigenvalue weighted by Crippen LogP contribution is 2.26. The number of fused-ring (bicyclic) bond motifs is 1. The lowest BCUT2D eigenvalue weighted by Gasteiger charge is -2.10. The average Bonchev–Trinajstić information content (AvgIpc) is 3.33. The molecule has 25 heavy (non-hydrogen) atoms. The van der Waals surface area contributed by atoms with E-state index in [9.17, 15) is 4.79 Å². The predicted molar refractivity (Wildman–Crippen MR) is 101 cm³/mol. The first-order chi connectivity index (χ1) is 12.2. The first kappa shape index (κ1) is 15.7. The van der Waals surface area contributed by atoms with Crippen molar-refractivity contribution in [3.63, 3.8) is 0 Å². The molecule has 4 rings (SSSR count). The van der Waals surface area contributed by atoms with Gasteiger partial charge in [0.1, 0.15) is 5.69 Å². The molecule has 1 aromatic carbocycles. The van der Waals surface area contributed by atoms with Crippen LogP contribution >= 0.6 is 11.3 Å². The molecular formula is C19H18N4OS. The molecule has 0 saturated carbocycles. The molecular weight excluding hydrogens is 332 g/mol. The molecule has 0 saturated heterocycles. The van der Waals surface area contributed by atoms with E-state index in [1.54, 1.807) is 16.0 Å². The monoisotopic (exact) mass is 350 g/mol. The van der Waals surface area contributed by atoms with Gasteiger partial charge in [0.05, 0.1) is 10.2 Å². The highest BCUT2D eigenvalue weighted by Gasteiger charge is 2.17. The van der Waals surface area contributed by atoms with Gasteiger partial charge in [0.15, 0.2) is 5.82 Å². The number of carbonyl (C=O) groups is 1. The molecule has 3 aromatic heterocycles. The lowest BCUT2D eigenvalue weighted by Crippen LogP contribution is -2.18. The van der Waals surface area contributed by atoms with Crippen molar-refractivity contribution < 1.29 is 4.79 Å². The number of aryl methyl sites for hydroxylation is 1. The number of thiophene rings is 1. The molecule has 126 valence electrons. The SMILES string of the molecule is CCn1ccc(NC(=O)c2cc3sccc3n2Cc2ccccc2)n1. The maximum absolute atomic E-state index is 12.8. The number of nitrogens with one attached hydrogen (secondary N) is 1. The van der Waals surface area contributed by atoms with Gasteiger partial charge >= 0.3 is 0 Å². The van der Waals surface area contributed by atoms with Crippen molar-refractivity contribution in [1.82, 2.24) is 14.3 Å². The molecule has 5 nitrogen and oxygen atoms in total. The summed E-state index contributed by atoms with van der Waals surface area (Å²) in [5, 5.41) is 9.28. The quantitative estimate of drug-likeness (QED) is 0.586. The molecule has 0 atom stereocenters. The van der Waals surface area contributed by atoms with Gasteiger partial charge in [-0.3, -0.25) is 9.48 Å². The van der Waals surface area contributed by atoms with Crippen molar-refractivity contribution in [3.8, 4) is 0 Å². The maximum atomic E-state index is 12.8. The van der Waals surface area contributed by atoms with Crippen LogP contribution in [0.15, 0.2) is 60.1 Å². The Kier molecular flexibility index (Phi) is 4.11. The third kappa shape index (κ3) is 3.08. The van der Waals surface area contributed by atoms with Crippen LogP contribution in [0.2, 0.25) is 0 Å². The number of hydrogen-bond acceptors (Lipinski definition) is 3. The van der Waals surface area contributed by atoms with Crippen molar-refractivity contribution in [2.24, 2.45) is 0 Å². The summed E-state index contributed by atoms with van der Waals surface area (Å²) in [5.41, 5.74) is 2.89. The summed E-state index contributed by atoms with van der Waals surface area (Å²) in [6.45, 7) is 3.45. The molecule has 0 aliphatic heterocycles. The van der Waals surface area contributed by atoms with Gasteiger partial charge in [-0.2, -0.15) is 5.10 Å². The van der Waals surface area contributed by atoms with Gasteiger partial charge in [0.2, 0.25) is 0 Å². The Morgan fingerprint density at radius 3 is 2.80 bits per heavy atom. The van der Waals surface area contributed by atoms with E-state index in [1.165, 1.54) is 0 Å². The Bertz CT molecular complexity index is 1010. The summed E-state index contributed by atoms with van der Waals surface area (Å²) in [6.07, 6.45) is 1.86. The van der Waals surface area contributed by atoms with Crippen LogP contribution in [0.1, 0.15) is 23.0 Å². The molecule has 0 bridgehead atoms. The number of anilines is 1. The fourth-order valence-electron chi connectivity index (χ4n) is 2.89. The summed E-state index contributed by atoms with van der Waals surface area (Å²) < 4.78 is 4.96. The third-order valence-electron chi connectivity index (χ3n) is 4.15. The fourth-order valence-corrected chi connectivity index (χ4v) is 3.71. The van der Waals surface area contributed by atoms with Crippen LogP contribution < -0.4 is 5.32 Å². The van der Waals surface area contributed by atoms with E-state index in [2.05, 4.69) is 38.6 Å². The second-order valence-electron chi connectivity index (χ2n) is 5.78. The molecule has 3 heterocycles. The van der Waals surface area contributed by atoms with Gasteiger partial charge in [-0.1, -0.05) is 30.3 Å². The van der Waals surface area contributed by atoms with E-state index in [4.69, 9.17) is 0 Å². The molecule has 4 aromatic rings. The van der Waals surface area contributed by atoms with E-state index in [1.807, 2.05) is 43.5 Å². The van der Waals surface area contributed by atoms with E-state index in [0.717, 1.165) is 22.3 Å². The number of aromatic nitrogens is 3. The molecule has 1 N–H and O–H groups in total. The summed E-state index contributed by atoms with van der Waals surface area (Å²) in [4.78, 5) is 12.8. The number of nitrogens with zero attached hydrogens (tertiary/aromatic N) is 3. The van der Waals surface area contributed by atoms with E-state index >= 15 is 0 Å². The summed E-state index contributed by atoms with van der Waals surface area (Å²) in [6, 6.07) is 16.0. The number of amides is 1. The minimum atomic E-state index is -0.138. The topological polar surface area (TPSA) is 51.9 Å². The van der Waals surface area contributed by atoms with Crippen molar-refractivity contribution >= 4 is 33.3 Å². The van der Waals surface area contributed by atoms with Gasteiger partial charge in [-0.25, -0.2) is 0 Å². The third-order valence-corrected chi connectivity index (χ3v) is 5.00. The fraction of sp³-hybridized carbons (Fsp3) is 0.158. The first-order valence-corrected chi connectivity index (χ1v) is 9.08. The van der Waals surface area contributed by atoms with Gasteiger partial charge in [0, 0.05) is 25.4 Å². The van der Waals surface area contributed by atoms with Crippen LogP contribution in [-0.4, -0.2) is 20.3 Å². The Morgan fingerprint density at radius 1 is 1.20 bits per heavy atom. The van der Waals surface area contributed by atoms with Gasteiger partial charge < -0.3 is 9.88 Å². The Hall–Kier alpha value is -2.86. The smallest absolute Gasteiger partial charge is 0.273 e. The van der Waals surface area contributed by atoms with E-state index in [-0.39, 0.29) is 5.91 Å². The van der Waals surface area contributed by atoms with Crippen LogP contribution in [0.4, 0.5) is 5.82 Å². The van der Waals surface area contributed by atoms with Gasteiger partial charge in [-0.15, -0.1) is 11.3 Å². The molecule has 0 aliphatic rings. The molecule has 0 fully saturated rings. The maximum Gasteiger partial charge on any atom is 0.273 e. The molecule has 0 unspecified atom stereocenters. The summed E-state index contributed by atoms with van der Waals surface area (Å²) >= 11 is 1.64. The van der Waals surface area contributed by atoms with Crippen molar-refractivity contribution in [1.29, 1.82) is 0 Å². The molecule has 0 aliphatic carbocycles. The van der Waals surface area contributed by atoms with Crippen LogP contribution in [0, 0.1) is 0 Å². The van der Waals surface area contributed by atoms with Crippen molar-refractivity contribution in [2.45, 2.75) is 20.0 Å². The Labute approximate surface area is 149 Å². The number of benzene rings is 1. The molecule has 0 spiro atoms. The summed E-state index contributed by atoms with van der Waals surface area (Å²) in [7, 11) is 0. The highest BCUT2D eigenvalue weighted by atomic mass is 32.1. The van der Waals surface area contributed by atoms with Crippen LogP contribution in [-0.2, 0) is 13.1 Å². The van der Waals surface area contributed by atoms with Crippen LogP contribution in [0.25, 0.3) is 10.2 Å². The molecule has 1 amide bonds. The molecule has 6 heteroatoms. The largest absolute Gasteiger partial charge is 0.331 e. The normalized spacial score (nSPS) is 11.1. The Morgan fingerprint density at radius 2 is 2.04 bits per heavy atom. The number of rotatable bonds is 5. The Balaban J connectivity index is 1.67. The number of carbonyl (C=O) groups excluding carboxylic acids is 1. The van der Waals surface area contributed by atoms with E-state index in [0.29, 0.717) is 18.1 Å². The van der Waals surface area contributed by atoms with E-state index < -0.39 is 0 Å². The van der Waals surface area contributed by atoms with Crippen molar-refractivity contribution in [2.75, 3.05) is 5.32 Å². The second-order valence-corrected chi connectivity index (χ2v) is 6.73. The first-order valence-electron chi connectivity index (χ1n) is 8.20. The predicted octanol–water partition coefficient (Wildman–Crippen LogP) is 4.22. The van der Waals surface area contributed by atoms with Crippen molar-refractivity contribution in [3.05, 3.63) is 71.4 Å². The van der Waals surface area contributed by atoms with Crippen LogP contribution in [0.5, 0.6) is 0 Å². The zero-order valence-electron chi connectivity index (χ0n) is 13.8. The van der Waals surface area contributed by atoms with Gasteiger partial charge in [-0.05, 0) is 30.0 Å².